The molecule has 0 saturated heterocycles. The van der Waals surface area contributed by atoms with Gasteiger partial charge in [0.05, 0.1) is 7.11 Å². The van der Waals surface area contributed by atoms with Crippen molar-refractivity contribution < 1.29 is 14.4 Å². The van der Waals surface area contributed by atoms with E-state index in [1.807, 2.05) is 36.4 Å². The third-order valence-electron chi connectivity index (χ3n) is 3.36. The second-order valence-corrected chi connectivity index (χ2v) is 5.10. The predicted octanol–water partition coefficient (Wildman–Crippen LogP) is 3.48. The van der Waals surface area contributed by atoms with E-state index in [0.717, 1.165) is 11.1 Å². The molecule has 0 amide bonds. The number of benzene rings is 2. The van der Waals surface area contributed by atoms with Gasteiger partial charge in [0.2, 0.25) is 6.04 Å². The van der Waals surface area contributed by atoms with Crippen molar-refractivity contribution in [2.45, 2.75) is 26.0 Å². The van der Waals surface area contributed by atoms with Crippen LogP contribution in [0.2, 0.25) is 0 Å². The zero-order chi connectivity index (χ0) is 15.9. The average Bonchev–Trinajstić information content (AvgIpc) is 2.54. The Morgan fingerprint density at radius 2 is 1.82 bits per heavy atom. The Hall–Kier alpha value is -2.56. The van der Waals surface area contributed by atoms with Crippen LogP contribution in [0.25, 0.3) is 0 Å². The molecule has 2 aromatic carbocycles. The second-order valence-electron chi connectivity index (χ2n) is 5.10. The van der Waals surface area contributed by atoms with Crippen LogP contribution in [-0.4, -0.2) is 18.1 Å². The fourth-order valence-electron chi connectivity index (χ4n) is 2.11. The van der Waals surface area contributed by atoms with E-state index >= 15 is 0 Å². The lowest BCUT2D eigenvalue weighted by molar-refractivity contribution is -0.517. The molecular weight excluding hydrogens is 282 g/mol. The monoisotopic (exact) mass is 301 g/mol. The van der Waals surface area contributed by atoms with Crippen LogP contribution in [0.5, 0.6) is 11.5 Å². The first kappa shape index (κ1) is 15.8. The van der Waals surface area contributed by atoms with Crippen molar-refractivity contribution >= 4 is 0 Å². The highest BCUT2D eigenvalue weighted by molar-refractivity contribution is 5.43. The van der Waals surface area contributed by atoms with Gasteiger partial charge in [-0.1, -0.05) is 36.4 Å². The van der Waals surface area contributed by atoms with Crippen molar-refractivity contribution in [3.63, 3.8) is 0 Å². The number of methoxy groups -OCH3 is 1. The molecule has 0 aromatic heterocycles. The van der Waals surface area contributed by atoms with Gasteiger partial charge >= 0.3 is 0 Å². The molecule has 2 rings (SSSR count). The number of hydrogen-bond acceptors (Lipinski definition) is 4. The first-order chi connectivity index (χ1) is 10.6. The van der Waals surface area contributed by atoms with Gasteiger partial charge in [-0.15, -0.1) is 0 Å². The highest BCUT2D eigenvalue weighted by Gasteiger charge is 2.15. The Labute approximate surface area is 129 Å². The van der Waals surface area contributed by atoms with Gasteiger partial charge in [0, 0.05) is 18.3 Å². The maximum atomic E-state index is 10.7. The molecule has 0 fully saturated rings. The summed E-state index contributed by atoms with van der Waals surface area (Å²) >= 11 is 0. The Morgan fingerprint density at radius 3 is 2.45 bits per heavy atom. The molecule has 0 aliphatic rings. The van der Waals surface area contributed by atoms with E-state index in [-0.39, 0.29) is 4.92 Å². The lowest BCUT2D eigenvalue weighted by Gasteiger charge is -2.12. The van der Waals surface area contributed by atoms with E-state index < -0.39 is 6.04 Å². The molecular formula is C17H19NO4. The quantitative estimate of drug-likeness (QED) is 0.580. The zero-order valence-corrected chi connectivity index (χ0v) is 12.7. The summed E-state index contributed by atoms with van der Waals surface area (Å²) in [5, 5.41) is 10.7. The number of ether oxygens (including phenoxy) is 2. The largest absolute Gasteiger partial charge is 0.493 e. The van der Waals surface area contributed by atoms with Crippen LogP contribution in [0, 0.1) is 10.1 Å². The Kier molecular flexibility index (Phi) is 5.36. The summed E-state index contributed by atoms with van der Waals surface area (Å²) in [6.07, 6.45) is 0.363. The van der Waals surface area contributed by atoms with Crippen molar-refractivity contribution in [1.82, 2.24) is 0 Å². The van der Waals surface area contributed by atoms with Gasteiger partial charge < -0.3 is 9.47 Å². The van der Waals surface area contributed by atoms with Crippen LogP contribution < -0.4 is 9.47 Å². The average molecular weight is 301 g/mol. The molecule has 0 bridgehead atoms. The molecule has 5 heteroatoms. The smallest absolute Gasteiger partial charge is 0.214 e. The summed E-state index contributed by atoms with van der Waals surface area (Å²) in [4.78, 5) is 10.4. The first-order valence-electron chi connectivity index (χ1n) is 7.07. The van der Waals surface area contributed by atoms with Crippen LogP contribution in [0.1, 0.15) is 18.1 Å². The fraction of sp³-hybridized carbons (Fsp3) is 0.294. The summed E-state index contributed by atoms with van der Waals surface area (Å²) in [6, 6.07) is 14.6. The number of rotatable bonds is 7. The van der Waals surface area contributed by atoms with Gasteiger partial charge in [-0.05, 0) is 23.3 Å². The Morgan fingerprint density at radius 1 is 1.09 bits per heavy atom. The minimum Gasteiger partial charge on any atom is -0.493 e. The molecule has 22 heavy (non-hydrogen) atoms. The van der Waals surface area contributed by atoms with Crippen molar-refractivity contribution in [2.75, 3.05) is 7.11 Å². The predicted molar refractivity (Wildman–Crippen MR) is 83.9 cm³/mol. The van der Waals surface area contributed by atoms with Crippen LogP contribution >= 0.6 is 0 Å². The van der Waals surface area contributed by atoms with E-state index in [1.165, 1.54) is 0 Å². The van der Waals surface area contributed by atoms with Crippen molar-refractivity contribution in [1.29, 1.82) is 0 Å². The lowest BCUT2D eigenvalue weighted by Crippen LogP contribution is -2.17. The normalized spacial score (nSPS) is 11.7. The standard InChI is InChI=1S/C17H19NO4/c1-13(18(19)20)10-15-8-9-16(17(11-15)21-2)22-12-14-6-4-3-5-7-14/h3-9,11,13H,10,12H2,1-2H3. The third kappa shape index (κ3) is 4.22. The van der Waals surface area contributed by atoms with Gasteiger partial charge in [-0.2, -0.15) is 0 Å². The van der Waals surface area contributed by atoms with Gasteiger partial charge in [0.25, 0.3) is 0 Å². The summed E-state index contributed by atoms with van der Waals surface area (Å²) in [6.45, 7) is 2.04. The highest BCUT2D eigenvalue weighted by Crippen LogP contribution is 2.29. The van der Waals surface area contributed by atoms with Crippen LogP contribution in [0.4, 0.5) is 0 Å². The maximum Gasteiger partial charge on any atom is 0.214 e. The molecule has 0 spiro atoms. The Balaban J connectivity index is 2.07. The van der Waals surface area contributed by atoms with E-state index in [4.69, 9.17) is 9.47 Å². The number of nitro groups is 1. The van der Waals surface area contributed by atoms with Crippen LogP contribution in [0.3, 0.4) is 0 Å². The first-order valence-corrected chi connectivity index (χ1v) is 7.07. The fourth-order valence-corrected chi connectivity index (χ4v) is 2.11. The summed E-state index contributed by atoms with van der Waals surface area (Å²) in [7, 11) is 1.56. The number of nitrogens with zero attached hydrogens (tertiary/aromatic N) is 1. The molecule has 0 N–H and O–H groups in total. The van der Waals surface area contributed by atoms with Crippen molar-refractivity contribution in [3.05, 3.63) is 69.8 Å². The molecule has 0 aliphatic heterocycles. The SMILES string of the molecule is COc1cc(CC(C)[N+](=O)[O-])ccc1OCc1ccccc1. The zero-order valence-electron chi connectivity index (χ0n) is 12.7. The summed E-state index contributed by atoms with van der Waals surface area (Å²) < 4.78 is 11.1. The molecule has 1 unspecified atom stereocenters. The molecule has 0 heterocycles. The lowest BCUT2D eigenvalue weighted by atomic mass is 10.1. The summed E-state index contributed by atoms with van der Waals surface area (Å²) in [5.74, 6) is 1.22. The second kappa shape index (κ2) is 7.45. The molecule has 116 valence electrons. The van der Waals surface area contributed by atoms with Crippen LogP contribution in [0.15, 0.2) is 48.5 Å². The van der Waals surface area contributed by atoms with Gasteiger partial charge in [-0.25, -0.2) is 0 Å². The van der Waals surface area contributed by atoms with E-state index in [2.05, 4.69) is 0 Å². The highest BCUT2D eigenvalue weighted by atomic mass is 16.6. The molecule has 0 aliphatic carbocycles. The molecule has 2 aromatic rings. The van der Waals surface area contributed by atoms with Gasteiger partial charge in [0.15, 0.2) is 11.5 Å². The van der Waals surface area contributed by atoms with Crippen molar-refractivity contribution in [3.8, 4) is 11.5 Å². The third-order valence-corrected chi connectivity index (χ3v) is 3.36. The van der Waals surface area contributed by atoms with Gasteiger partial charge in [-0.3, -0.25) is 10.1 Å². The van der Waals surface area contributed by atoms with Gasteiger partial charge in [0.1, 0.15) is 6.61 Å². The molecule has 0 radical (unpaired) electrons. The maximum absolute atomic E-state index is 10.7. The van der Waals surface area contributed by atoms with E-state index in [0.29, 0.717) is 24.5 Å². The minimum absolute atomic E-state index is 0.285. The number of hydrogen-bond donors (Lipinski definition) is 0. The topological polar surface area (TPSA) is 61.6 Å². The molecule has 5 nitrogen and oxygen atoms in total. The molecule has 1 atom stereocenters. The summed E-state index contributed by atoms with van der Waals surface area (Å²) in [5.41, 5.74) is 1.92. The van der Waals surface area contributed by atoms with E-state index in [9.17, 15) is 10.1 Å². The Bertz CT molecular complexity index is 628. The van der Waals surface area contributed by atoms with E-state index in [1.54, 1.807) is 26.2 Å². The minimum atomic E-state index is -0.624. The van der Waals surface area contributed by atoms with Crippen LogP contribution in [-0.2, 0) is 13.0 Å². The van der Waals surface area contributed by atoms with Crippen molar-refractivity contribution in [2.24, 2.45) is 0 Å². The molecule has 0 saturated carbocycles.